The van der Waals surface area contributed by atoms with Crippen molar-refractivity contribution in [1.82, 2.24) is 0 Å². The number of unbranched alkanes of at least 4 members (excludes halogenated alkanes) is 3. The van der Waals surface area contributed by atoms with Crippen LogP contribution in [-0.2, 0) is 20.5 Å². The minimum atomic E-state index is -0.579. The second kappa shape index (κ2) is 19.4. The summed E-state index contributed by atoms with van der Waals surface area (Å²) in [5, 5.41) is 0. The maximum atomic E-state index is 6.25. The second-order valence-electron chi connectivity index (χ2n) is 6.92. The first-order valence-corrected chi connectivity index (χ1v) is 11.3. The number of pyridine rings is 1. The summed E-state index contributed by atoms with van der Waals surface area (Å²) in [4.78, 5) is 0. The smallest absolute Gasteiger partial charge is 0.386 e. The normalized spacial score (nSPS) is 11.6. The van der Waals surface area contributed by atoms with Gasteiger partial charge in [0.05, 0.1) is 0 Å². The molecule has 0 aliphatic carbocycles. The summed E-state index contributed by atoms with van der Waals surface area (Å²) < 4.78 is 20.2. The molecule has 0 bridgehead atoms. The van der Waals surface area contributed by atoms with E-state index in [1.54, 1.807) is 0 Å². The summed E-state index contributed by atoms with van der Waals surface area (Å²) in [6.07, 6.45) is 10.6. The van der Waals surface area contributed by atoms with Crippen LogP contribution in [0.25, 0.3) is 0 Å². The van der Waals surface area contributed by atoms with Crippen molar-refractivity contribution < 1.29 is 18.5 Å². The number of aryl methyl sites for hydroxylation is 1. The van der Waals surface area contributed by atoms with E-state index in [2.05, 4.69) is 70.5 Å². The molecule has 28 heavy (non-hydrogen) atoms. The molecule has 0 spiro atoms. The molecule has 0 N–H and O–H groups in total. The largest absolute Gasteiger partial charge is 0.640 e. The Morgan fingerprint density at radius 1 is 0.929 bits per heavy atom. The van der Waals surface area contributed by atoms with Gasteiger partial charge in [0.2, 0.25) is 5.69 Å². The van der Waals surface area contributed by atoms with E-state index in [1.165, 1.54) is 12.1 Å². The third kappa shape index (κ3) is 12.5. The van der Waals surface area contributed by atoms with Gasteiger partial charge in [-0.15, -0.1) is 0 Å². The van der Waals surface area contributed by atoms with Crippen molar-refractivity contribution in [2.24, 2.45) is 0 Å². The fraction of sp³-hybridized carbons (Fsp3) is 0.739. The van der Waals surface area contributed by atoms with Crippen molar-refractivity contribution in [2.45, 2.75) is 98.6 Å². The van der Waals surface area contributed by atoms with Gasteiger partial charge in [0.25, 0.3) is 0 Å². The first kappa shape index (κ1) is 27.1. The average Bonchev–Trinajstić information content (AvgIpc) is 2.73. The molecule has 1 atom stereocenters. The summed E-state index contributed by atoms with van der Waals surface area (Å²) in [6.45, 7) is 16.7. The van der Waals surface area contributed by atoms with Crippen LogP contribution >= 0.6 is 0 Å². The molecule has 1 rings (SSSR count). The number of aromatic nitrogens is 1. The van der Waals surface area contributed by atoms with Crippen molar-refractivity contribution in [3.63, 3.8) is 0 Å². The Balaban J connectivity index is 0.00000165. The van der Waals surface area contributed by atoms with Gasteiger partial charge in [-0.05, 0) is 26.2 Å². The molecular formula is C23H44BNO3. The summed E-state index contributed by atoms with van der Waals surface area (Å²) in [5.41, 5.74) is 1.19. The minimum absolute atomic E-state index is 0.00981. The van der Waals surface area contributed by atoms with Gasteiger partial charge in [-0.25, -0.2) is 4.57 Å². The molecule has 1 heterocycles. The monoisotopic (exact) mass is 393 g/mol. The van der Waals surface area contributed by atoms with Crippen LogP contribution in [0.3, 0.4) is 0 Å². The molecule has 0 aliphatic heterocycles. The fourth-order valence-electron chi connectivity index (χ4n) is 2.53. The molecule has 1 aromatic heterocycles. The van der Waals surface area contributed by atoms with E-state index in [0.29, 0.717) is 13.2 Å². The van der Waals surface area contributed by atoms with E-state index < -0.39 is 7.32 Å². The Labute approximate surface area is 175 Å². The van der Waals surface area contributed by atoms with Crippen LogP contribution in [0.1, 0.15) is 97.8 Å². The maximum absolute atomic E-state index is 6.25. The predicted octanol–water partition coefficient (Wildman–Crippen LogP) is 6.09. The lowest BCUT2D eigenvalue weighted by atomic mass is 10.1. The van der Waals surface area contributed by atoms with E-state index in [9.17, 15) is 0 Å². The zero-order valence-electron chi connectivity index (χ0n) is 19.1. The Morgan fingerprint density at radius 3 is 2.00 bits per heavy atom. The van der Waals surface area contributed by atoms with Crippen molar-refractivity contribution in [3.05, 3.63) is 37.0 Å². The van der Waals surface area contributed by atoms with E-state index in [1.807, 2.05) is 0 Å². The molecule has 0 amide bonds. The SMILES string of the molecule is CCCCOB(OCCCC)OC(CCC)c1cccc[n+]1CC.[CH2-]CCC. The molecule has 0 aromatic carbocycles. The van der Waals surface area contributed by atoms with Gasteiger partial charge in [-0.3, -0.25) is 0 Å². The standard InChI is InChI=1S/C19H35BNO3.C4H9/c1-5-9-16-22-20(23-17-10-6-2)24-19(13-7-3)18-14-11-12-15-21(18)8-4;1-3-4-2/h11-12,14-15,19H,5-10,13,16-17H2,1-4H3;1,3-4H2,2H3/q+1;-1. The molecule has 0 radical (unpaired) electrons. The zero-order valence-corrected chi connectivity index (χ0v) is 19.1. The van der Waals surface area contributed by atoms with Crippen molar-refractivity contribution >= 4 is 7.32 Å². The summed E-state index contributed by atoms with van der Waals surface area (Å²) >= 11 is 0. The molecule has 0 saturated carbocycles. The van der Waals surface area contributed by atoms with Gasteiger partial charge in [0.1, 0.15) is 12.6 Å². The van der Waals surface area contributed by atoms with Crippen molar-refractivity contribution in [1.29, 1.82) is 0 Å². The number of hydrogen-bond acceptors (Lipinski definition) is 3. The zero-order chi connectivity index (χ0) is 21.0. The fourth-order valence-corrected chi connectivity index (χ4v) is 2.53. The Kier molecular flexibility index (Phi) is 18.8. The van der Waals surface area contributed by atoms with Gasteiger partial charge in [0, 0.05) is 25.3 Å². The van der Waals surface area contributed by atoms with Gasteiger partial charge in [-0.1, -0.05) is 59.4 Å². The van der Waals surface area contributed by atoms with Gasteiger partial charge < -0.3 is 20.9 Å². The number of rotatable bonds is 15. The van der Waals surface area contributed by atoms with E-state index >= 15 is 0 Å². The lowest BCUT2D eigenvalue weighted by molar-refractivity contribution is -0.704. The third-order valence-electron chi connectivity index (χ3n) is 4.33. The Bertz CT molecular complexity index is 447. The van der Waals surface area contributed by atoms with E-state index in [0.717, 1.165) is 51.5 Å². The summed E-state index contributed by atoms with van der Waals surface area (Å²) in [7, 11) is -0.579. The second-order valence-corrected chi connectivity index (χ2v) is 6.92. The molecule has 0 aliphatic rings. The molecule has 0 saturated heterocycles. The van der Waals surface area contributed by atoms with Gasteiger partial charge >= 0.3 is 7.32 Å². The first-order chi connectivity index (χ1) is 13.7. The number of hydrogen-bond donors (Lipinski definition) is 0. The first-order valence-electron chi connectivity index (χ1n) is 11.3. The average molecular weight is 393 g/mol. The molecule has 0 fully saturated rings. The van der Waals surface area contributed by atoms with Crippen LogP contribution < -0.4 is 4.57 Å². The van der Waals surface area contributed by atoms with Crippen LogP contribution in [0.4, 0.5) is 0 Å². The maximum Gasteiger partial charge on any atom is 0.640 e. The lowest BCUT2D eigenvalue weighted by Gasteiger charge is -2.21. The van der Waals surface area contributed by atoms with Crippen molar-refractivity contribution in [2.75, 3.05) is 13.2 Å². The van der Waals surface area contributed by atoms with Gasteiger partial charge in [0.15, 0.2) is 6.20 Å². The molecule has 1 unspecified atom stereocenters. The lowest BCUT2D eigenvalue weighted by Crippen LogP contribution is -2.40. The van der Waals surface area contributed by atoms with Crippen molar-refractivity contribution in [3.8, 4) is 0 Å². The molecule has 5 heteroatoms. The number of nitrogens with zero attached hydrogens (tertiary/aromatic N) is 1. The van der Waals surface area contributed by atoms with E-state index in [-0.39, 0.29) is 6.10 Å². The van der Waals surface area contributed by atoms with Gasteiger partial charge in [-0.2, -0.15) is 6.42 Å². The Hall–Kier alpha value is -0.905. The Morgan fingerprint density at radius 2 is 1.54 bits per heavy atom. The summed E-state index contributed by atoms with van der Waals surface area (Å²) in [5.74, 6) is 0. The third-order valence-corrected chi connectivity index (χ3v) is 4.33. The van der Waals surface area contributed by atoms with Crippen LogP contribution in [0.15, 0.2) is 24.4 Å². The molecule has 1 aromatic rings. The topological polar surface area (TPSA) is 31.6 Å². The molecule has 4 nitrogen and oxygen atoms in total. The molecule has 162 valence electrons. The highest BCUT2D eigenvalue weighted by atomic mass is 16.7. The highest BCUT2D eigenvalue weighted by molar-refractivity contribution is 6.36. The summed E-state index contributed by atoms with van der Waals surface area (Å²) in [6, 6.07) is 6.26. The van der Waals surface area contributed by atoms with Crippen LogP contribution in [0.2, 0.25) is 0 Å². The van der Waals surface area contributed by atoms with Crippen LogP contribution in [0, 0.1) is 6.92 Å². The van der Waals surface area contributed by atoms with Crippen LogP contribution in [-0.4, -0.2) is 20.5 Å². The van der Waals surface area contributed by atoms with E-state index in [4.69, 9.17) is 14.0 Å². The quantitative estimate of drug-likeness (QED) is 0.156. The minimum Gasteiger partial charge on any atom is -0.386 e. The van der Waals surface area contributed by atoms with Crippen LogP contribution in [0.5, 0.6) is 0 Å². The molecular weight excluding hydrogens is 349 g/mol. The highest BCUT2D eigenvalue weighted by Gasteiger charge is 2.30. The highest BCUT2D eigenvalue weighted by Crippen LogP contribution is 2.21. The predicted molar refractivity (Wildman–Crippen MR) is 119 cm³/mol.